The summed E-state index contributed by atoms with van der Waals surface area (Å²) in [5.74, 6) is -1.13. The largest absolute Gasteiger partial charge is 0.371 e. The van der Waals surface area contributed by atoms with Gasteiger partial charge in [-0.2, -0.15) is 4.98 Å². The average Bonchev–Trinajstić information content (AvgIpc) is 3.38. The number of nitrogens with zero attached hydrogens (tertiary/aromatic N) is 4. The number of likely N-dealkylation sites (tertiary alicyclic amines) is 2. The molecule has 8 nitrogen and oxygen atoms in total. The van der Waals surface area contributed by atoms with Crippen LogP contribution in [0.1, 0.15) is 96.2 Å². The number of halogens is 2. The average molecular weight is 510 g/mol. The number of rotatable bonds is 7. The van der Waals surface area contributed by atoms with Gasteiger partial charge in [-0.1, -0.05) is 12.1 Å². The number of aromatic nitrogens is 2. The summed E-state index contributed by atoms with van der Waals surface area (Å²) in [6, 6.07) is -1.33. The number of carbonyl (C=O) groups is 1. The molecule has 1 aromatic rings. The standard InChI is InChI=1S/C26H41F2N5O3/c1-4-25(23-30-22(36-31-23)18-7-8-18)11-14-32(15-12-25)24(34)29-21-20(6-5-10-26(21,27)28)35-19-9-13-33(16-19)17(2)3/h17-21H,4-16H2,1-3H3,(H,29,34)/t19-,20-,21+/m0/s1. The molecule has 202 valence electrons. The van der Waals surface area contributed by atoms with E-state index in [1.54, 1.807) is 4.90 Å². The van der Waals surface area contributed by atoms with Gasteiger partial charge in [-0.05, 0) is 65.2 Å². The first-order chi connectivity index (χ1) is 17.2. The van der Waals surface area contributed by atoms with Crippen molar-refractivity contribution in [2.45, 2.75) is 120 Å². The summed E-state index contributed by atoms with van der Waals surface area (Å²) in [5, 5.41) is 6.98. The van der Waals surface area contributed by atoms with Crippen LogP contribution in [0, 0.1) is 0 Å². The van der Waals surface area contributed by atoms with Gasteiger partial charge in [-0.15, -0.1) is 0 Å². The molecule has 1 N–H and O–H groups in total. The smallest absolute Gasteiger partial charge is 0.317 e. The number of carbonyl (C=O) groups excluding carboxylic acids is 1. The second kappa shape index (κ2) is 10.2. The van der Waals surface area contributed by atoms with Gasteiger partial charge in [0.25, 0.3) is 5.92 Å². The van der Waals surface area contributed by atoms with Gasteiger partial charge in [-0.3, -0.25) is 4.90 Å². The highest BCUT2D eigenvalue weighted by molar-refractivity contribution is 5.75. The normalized spacial score (nSPS) is 30.6. The van der Waals surface area contributed by atoms with Crippen molar-refractivity contribution in [2.24, 2.45) is 0 Å². The summed E-state index contributed by atoms with van der Waals surface area (Å²) in [6.07, 6.45) is 5.24. The Bertz CT molecular complexity index is 913. The van der Waals surface area contributed by atoms with E-state index in [9.17, 15) is 4.79 Å². The lowest BCUT2D eigenvalue weighted by Crippen LogP contribution is -2.61. The molecule has 2 aliphatic heterocycles. The van der Waals surface area contributed by atoms with E-state index in [1.165, 1.54) is 0 Å². The third-order valence-corrected chi connectivity index (χ3v) is 8.91. The molecule has 2 amide bonds. The van der Waals surface area contributed by atoms with Crippen LogP contribution in [0.3, 0.4) is 0 Å². The molecule has 0 aromatic carbocycles. The van der Waals surface area contributed by atoms with Gasteiger partial charge in [-0.25, -0.2) is 13.6 Å². The SMILES string of the molecule is CCC1(c2noc(C3CC3)n2)CCN(C(=O)N[C@@H]2[C@@H](O[C@H]3CCN(C(C)C)C3)CCCC2(F)F)CC1. The molecule has 5 rings (SSSR count). The zero-order valence-corrected chi connectivity index (χ0v) is 21.8. The predicted octanol–water partition coefficient (Wildman–Crippen LogP) is 4.46. The predicted molar refractivity (Wildman–Crippen MR) is 130 cm³/mol. The van der Waals surface area contributed by atoms with Crippen LogP contribution in [0.2, 0.25) is 0 Å². The molecule has 36 heavy (non-hydrogen) atoms. The van der Waals surface area contributed by atoms with Crippen LogP contribution in [0.5, 0.6) is 0 Å². The number of urea groups is 1. The molecule has 4 aliphatic rings. The minimum absolute atomic E-state index is 0.0682. The van der Waals surface area contributed by atoms with E-state index in [2.05, 4.69) is 41.1 Å². The lowest BCUT2D eigenvalue weighted by atomic mass is 9.75. The molecule has 2 saturated carbocycles. The Morgan fingerprint density at radius 2 is 1.92 bits per heavy atom. The molecule has 0 spiro atoms. The summed E-state index contributed by atoms with van der Waals surface area (Å²) in [6.45, 7) is 9.00. The molecule has 0 unspecified atom stereocenters. The molecule has 0 radical (unpaired) electrons. The van der Waals surface area contributed by atoms with Crippen molar-refractivity contribution in [1.29, 1.82) is 0 Å². The van der Waals surface area contributed by atoms with E-state index >= 15 is 8.78 Å². The zero-order valence-electron chi connectivity index (χ0n) is 21.8. The van der Waals surface area contributed by atoms with Gasteiger partial charge in [0.05, 0.1) is 12.2 Å². The fourth-order valence-corrected chi connectivity index (χ4v) is 6.10. The Hall–Kier alpha value is -1.81. The maximum atomic E-state index is 15.0. The molecule has 10 heteroatoms. The maximum absolute atomic E-state index is 15.0. The van der Waals surface area contributed by atoms with Gasteiger partial charge in [0.2, 0.25) is 5.89 Å². The van der Waals surface area contributed by atoms with E-state index in [0.717, 1.165) is 50.5 Å². The van der Waals surface area contributed by atoms with Crippen LogP contribution >= 0.6 is 0 Å². The first-order valence-corrected chi connectivity index (χ1v) is 13.9. The highest BCUT2D eigenvalue weighted by Gasteiger charge is 2.50. The van der Waals surface area contributed by atoms with Crippen molar-refractivity contribution in [3.63, 3.8) is 0 Å². The van der Waals surface area contributed by atoms with Crippen molar-refractivity contribution in [2.75, 3.05) is 26.2 Å². The number of nitrogens with one attached hydrogen (secondary N) is 1. The summed E-state index contributed by atoms with van der Waals surface area (Å²) in [7, 11) is 0. The quantitative estimate of drug-likeness (QED) is 0.585. The molecule has 0 bridgehead atoms. The van der Waals surface area contributed by atoms with Crippen molar-refractivity contribution in [3.8, 4) is 0 Å². The Balaban J connectivity index is 1.20. The third-order valence-electron chi connectivity index (χ3n) is 8.91. The lowest BCUT2D eigenvalue weighted by Gasteiger charge is -2.42. The van der Waals surface area contributed by atoms with E-state index in [4.69, 9.17) is 9.26 Å². The molecule has 2 aliphatic carbocycles. The maximum Gasteiger partial charge on any atom is 0.317 e. The van der Waals surface area contributed by atoms with Crippen LogP contribution in [0.4, 0.5) is 13.6 Å². The number of hydrogen-bond donors (Lipinski definition) is 1. The molecule has 2 saturated heterocycles. The molecular weight excluding hydrogens is 468 g/mol. The van der Waals surface area contributed by atoms with Crippen LogP contribution in [0.15, 0.2) is 4.52 Å². The Morgan fingerprint density at radius 1 is 1.17 bits per heavy atom. The molecule has 1 aromatic heterocycles. The van der Waals surface area contributed by atoms with Gasteiger partial charge in [0, 0.05) is 50.0 Å². The minimum atomic E-state index is -2.98. The summed E-state index contributed by atoms with van der Waals surface area (Å²) >= 11 is 0. The van der Waals surface area contributed by atoms with Gasteiger partial charge in [0.15, 0.2) is 5.82 Å². The first kappa shape index (κ1) is 25.8. The fourth-order valence-electron chi connectivity index (χ4n) is 6.10. The molecule has 3 atom stereocenters. The minimum Gasteiger partial charge on any atom is -0.371 e. The Morgan fingerprint density at radius 3 is 2.56 bits per heavy atom. The highest BCUT2D eigenvalue weighted by atomic mass is 19.3. The second-order valence-electron chi connectivity index (χ2n) is 11.6. The summed E-state index contributed by atoms with van der Waals surface area (Å²) in [5.41, 5.74) is -0.237. The van der Waals surface area contributed by atoms with Crippen LogP contribution < -0.4 is 5.32 Å². The van der Waals surface area contributed by atoms with E-state index in [-0.39, 0.29) is 17.9 Å². The summed E-state index contributed by atoms with van der Waals surface area (Å²) in [4.78, 5) is 21.8. The monoisotopic (exact) mass is 509 g/mol. The number of ether oxygens (including phenoxy) is 1. The number of alkyl halides is 2. The topological polar surface area (TPSA) is 83.7 Å². The number of hydrogen-bond acceptors (Lipinski definition) is 6. The van der Waals surface area contributed by atoms with Crippen LogP contribution in [0.25, 0.3) is 0 Å². The van der Waals surface area contributed by atoms with Gasteiger partial charge in [0.1, 0.15) is 6.04 Å². The van der Waals surface area contributed by atoms with Gasteiger partial charge >= 0.3 is 6.03 Å². The Kier molecular flexibility index (Phi) is 7.29. The van der Waals surface area contributed by atoms with Crippen molar-refractivity contribution in [3.05, 3.63) is 11.7 Å². The number of piperidine rings is 1. The molecular formula is C26H41F2N5O3. The summed E-state index contributed by atoms with van der Waals surface area (Å²) < 4.78 is 41.8. The van der Waals surface area contributed by atoms with Crippen molar-refractivity contribution >= 4 is 6.03 Å². The molecule has 4 fully saturated rings. The Labute approximate surface area is 212 Å². The third kappa shape index (κ3) is 5.26. The van der Waals surface area contributed by atoms with E-state index < -0.39 is 24.1 Å². The first-order valence-electron chi connectivity index (χ1n) is 13.9. The fraction of sp³-hybridized carbons (Fsp3) is 0.885. The highest BCUT2D eigenvalue weighted by Crippen LogP contribution is 2.42. The van der Waals surface area contributed by atoms with E-state index in [1.807, 2.05) is 0 Å². The zero-order chi connectivity index (χ0) is 25.5. The van der Waals surface area contributed by atoms with Crippen LogP contribution in [-0.4, -0.2) is 82.4 Å². The van der Waals surface area contributed by atoms with Crippen molar-refractivity contribution < 1.29 is 22.8 Å². The van der Waals surface area contributed by atoms with Crippen molar-refractivity contribution in [1.82, 2.24) is 25.3 Å². The lowest BCUT2D eigenvalue weighted by molar-refractivity contribution is -0.138. The number of amides is 2. The molecule has 3 heterocycles. The van der Waals surface area contributed by atoms with E-state index in [0.29, 0.717) is 50.7 Å². The van der Waals surface area contributed by atoms with Gasteiger partial charge < -0.3 is 19.5 Å². The van der Waals surface area contributed by atoms with Crippen LogP contribution in [-0.2, 0) is 10.2 Å². The second-order valence-corrected chi connectivity index (χ2v) is 11.6.